The Morgan fingerprint density at radius 1 is 1.05 bits per heavy atom. The highest BCUT2D eigenvalue weighted by Gasteiger charge is 2.24. The fourth-order valence-corrected chi connectivity index (χ4v) is 5.06. The number of hydrogen-bond donors (Lipinski definition) is 5. The standard InChI is InChI=1S/C27H36N5O6P/c1-2-3-10-23-31-24-25(32(23)17-19-8-4-9-22(33)26(19)38-39(34,35)36)20-16-18(7-5-14-37-15-6-13-28)11-12-21(20)30-27(24)29/h4,8-9,11-12,16,33H,2-3,5-7,10,13-15,17,28H2,1H3,(H2,29,30)(H2,34,35,36). The van der Waals surface area contributed by atoms with Gasteiger partial charge in [-0.15, -0.1) is 0 Å². The Hall–Kier alpha value is -3.21. The molecule has 0 saturated carbocycles. The van der Waals surface area contributed by atoms with Gasteiger partial charge >= 0.3 is 7.82 Å². The number of anilines is 1. The maximum absolute atomic E-state index is 11.6. The first-order chi connectivity index (χ1) is 18.7. The van der Waals surface area contributed by atoms with Crippen molar-refractivity contribution in [2.24, 2.45) is 5.73 Å². The number of pyridine rings is 1. The summed E-state index contributed by atoms with van der Waals surface area (Å²) in [7, 11) is -4.91. The molecule has 39 heavy (non-hydrogen) atoms. The first kappa shape index (κ1) is 28.8. The van der Waals surface area contributed by atoms with Gasteiger partial charge in [0.25, 0.3) is 0 Å². The minimum absolute atomic E-state index is 0.150. The van der Waals surface area contributed by atoms with Crippen LogP contribution in [0.25, 0.3) is 21.9 Å². The molecule has 0 atom stereocenters. The first-order valence-electron chi connectivity index (χ1n) is 13.1. The summed E-state index contributed by atoms with van der Waals surface area (Å²) in [5, 5.41) is 11.2. The average Bonchev–Trinajstić information content (AvgIpc) is 3.25. The van der Waals surface area contributed by atoms with Gasteiger partial charge in [-0.2, -0.15) is 0 Å². The highest BCUT2D eigenvalue weighted by molar-refractivity contribution is 7.46. The summed E-state index contributed by atoms with van der Waals surface area (Å²) in [5.41, 5.74) is 15.4. The molecule has 7 N–H and O–H groups in total. The summed E-state index contributed by atoms with van der Waals surface area (Å²) < 4.78 is 24.1. The first-order valence-corrected chi connectivity index (χ1v) is 14.7. The van der Waals surface area contributed by atoms with Crippen LogP contribution in [0.5, 0.6) is 11.5 Å². The van der Waals surface area contributed by atoms with Gasteiger partial charge in [-0.3, -0.25) is 9.79 Å². The van der Waals surface area contributed by atoms with Crippen LogP contribution < -0.4 is 16.0 Å². The van der Waals surface area contributed by atoms with E-state index in [-0.39, 0.29) is 18.0 Å². The number of phenols is 1. The van der Waals surface area contributed by atoms with Gasteiger partial charge in [0.2, 0.25) is 0 Å². The Morgan fingerprint density at radius 2 is 1.85 bits per heavy atom. The molecule has 2 heterocycles. The third-order valence-electron chi connectivity index (χ3n) is 6.46. The average molecular weight is 558 g/mol. The number of imidazole rings is 1. The molecule has 0 unspecified atom stereocenters. The highest BCUT2D eigenvalue weighted by atomic mass is 31.2. The number of ether oxygens (including phenoxy) is 1. The van der Waals surface area contributed by atoms with E-state index in [1.807, 2.05) is 16.7 Å². The van der Waals surface area contributed by atoms with E-state index in [1.165, 1.54) is 6.07 Å². The number of rotatable bonds is 14. The summed E-state index contributed by atoms with van der Waals surface area (Å²) in [6, 6.07) is 10.6. The number of nitrogen functional groups attached to an aromatic ring is 1. The molecule has 210 valence electrons. The van der Waals surface area contributed by atoms with Crippen LogP contribution in [0.1, 0.15) is 49.6 Å². The Morgan fingerprint density at radius 3 is 2.59 bits per heavy atom. The molecule has 0 bridgehead atoms. The number of nitrogens with two attached hydrogens (primary N) is 2. The lowest BCUT2D eigenvalue weighted by Gasteiger charge is -2.16. The van der Waals surface area contributed by atoms with Crippen LogP contribution in [-0.4, -0.2) is 49.2 Å². The van der Waals surface area contributed by atoms with Crippen LogP contribution in [-0.2, 0) is 28.7 Å². The van der Waals surface area contributed by atoms with Gasteiger partial charge in [-0.25, -0.2) is 14.5 Å². The third kappa shape index (κ3) is 7.06. The molecule has 4 aromatic rings. The summed E-state index contributed by atoms with van der Waals surface area (Å²) in [6.07, 6.45) is 5.01. The monoisotopic (exact) mass is 557 g/mol. The molecule has 0 radical (unpaired) electrons. The predicted octanol–water partition coefficient (Wildman–Crippen LogP) is 4.03. The van der Waals surface area contributed by atoms with E-state index in [4.69, 9.17) is 25.7 Å². The molecule has 0 aliphatic rings. The third-order valence-corrected chi connectivity index (χ3v) is 6.88. The predicted molar refractivity (Wildman–Crippen MR) is 151 cm³/mol. The maximum Gasteiger partial charge on any atom is 0.524 e. The fourth-order valence-electron chi connectivity index (χ4n) is 4.61. The van der Waals surface area contributed by atoms with Crippen molar-refractivity contribution < 1.29 is 28.7 Å². The summed E-state index contributed by atoms with van der Waals surface area (Å²) in [6.45, 7) is 4.15. The molecule has 0 saturated heterocycles. The van der Waals surface area contributed by atoms with Crippen molar-refractivity contribution >= 4 is 35.6 Å². The number of aryl methyl sites for hydroxylation is 2. The van der Waals surface area contributed by atoms with Gasteiger partial charge in [0.05, 0.1) is 17.6 Å². The maximum atomic E-state index is 11.6. The van der Waals surface area contributed by atoms with Gasteiger partial charge in [-0.1, -0.05) is 31.5 Å². The normalized spacial score (nSPS) is 12.0. The van der Waals surface area contributed by atoms with Crippen molar-refractivity contribution in [1.29, 1.82) is 0 Å². The van der Waals surface area contributed by atoms with E-state index in [2.05, 4.69) is 18.0 Å². The number of phosphoric acid groups is 1. The SMILES string of the molecule is CCCCc1nc2c(N)nc3ccc(CCCOCCCN)cc3c2n1Cc1cccc(O)c1OP(=O)(O)O. The second kappa shape index (κ2) is 12.8. The molecule has 0 aliphatic carbocycles. The second-order valence-electron chi connectivity index (χ2n) is 9.47. The quantitative estimate of drug-likeness (QED) is 0.112. The van der Waals surface area contributed by atoms with Crippen LogP contribution in [0.3, 0.4) is 0 Å². The molecular weight excluding hydrogens is 521 g/mol. The number of unbranched alkanes of at least 4 members (excludes halogenated alkanes) is 1. The lowest BCUT2D eigenvalue weighted by atomic mass is 10.1. The summed E-state index contributed by atoms with van der Waals surface area (Å²) in [5.74, 6) is 0.433. The zero-order chi connectivity index (χ0) is 28.0. The molecule has 0 aliphatic heterocycles. The number of phenolic OH excluding ortho intramolecular Hbond substituents is 1. The molecule has 2 aromatic heterocycles. The molecular formula is C27H36N5O6P. The highest BCUT2D eigenvalue weighted by Crippen LogP contribution is 2.44. The largest absolute Gasteiger partial charge is 0.524 e. The van der Waals surface area contributed by atoms with Crippen molar-refractivity contribution in [2.75, 3.05) is 25.5 Å². The number of para-hydroxylation sites is 1. The van der Waals surface area contributed by atoms with E-state index in [0.29, 0.717) is 48.6 Å². The van der Waals surface area contributed by atoms with Gasteiger partial charge < -0.3 is 30.4 Å². The number of phosphoric ester groups is 1. The van der Waals surface area contributed by atoms with Crippen molar-refractivity contribution in [3.05, 3.63) is 53.3 Å². The number of aromatic hydroxyl groups is 1. The smallest absolute Gasteiger partial charge is 0.504 e. The topological polar surface area (TPSA) is 179 Å². The van der Waals surface area contributed by atoms with Crippen LogP contribution in [0.2, 0.25) is 0 Å². The summed E-state index contributed by atoms with van der Waals surface area (Å²) >= 11 is 0. The zero-order valence-electron chi connectivity index (χ0n) is 22.0. The number of hydrogen-bond acceptors (Lipinski definition) is 8. The van der Waals surface area contributed by atoms with Crippen molar-refractivity contribution in [3.8, 4) is 11.5 Å². The molecule has 2 aromatic carbocycles. The molecule has 11 nitrogen and oxygen atoms in total. The fraction of sp³-hybridized carbons (Fsp3) is 0.407. The van der Waals surface area contributed by atoms with Gasteiger partial charge in [0.1, 0.15) is 11.3 Å². The Labute approximate surface area is 227 Å². The van der Waals surface area contributed by atoms with Gasteiger partial charge in [-0.05, 0) is 56.0 Å². The number of fused-ring (bicyclic) bond motifs is 3. The van der Waals surface area contributed by atoms with Crippen molar-refractivity contribution in [3.63, 3.8) is 0 Å². The minimum atomic E-state index is -4.91. The van der Waals surface area contributed by atoms with E-state index in [1.54, 1.807) is 12.1 Å². The van der Waals surface area contributed by atoms with Crippen LogP contribution in [0, 0.1) is 0 Å². The van der Waals surface area contributed by atoms with E-state index >= 15 is 0 Å². The Bertz CT molecular complexity index is 1490. The minimum Gasteiger partial charge on any atom is -0.504 e. The number of aromatic nitrogens is 3. The van der Waals surface area contributed by atoms with Crippen LogP contribution >= 0.6 is 7.82 Å². The van der Waals surface area contributed by atoms with Gasteiger partial charge in [0.15, 0.2) is 17.3 Å². The molecule has 0 fully saturated rings. The Balaban J connectivity index is 1.80. The lowest BCUT2D eigenvalue weighted by Crippen LogP contribution is -2.08. The van der Waals surface area contributed by atoms with Gasteiger partial charge in [0, 0.05) is 30.6 Å². The van der Waals surface area contributed by atoms with E-state index in [0.717, 1.165) is 54.4 Å². The number of benzene rings is 2. The second-order valence-corrected chi connectivity index (χ2v) is 10.6. The van der Waals surface area contributed by atoms with E-state index in [9.17, 15) is 19.5 Å². The molecule has 4 rings (SSSR count). The van der Waals surface area contributed by atoms with Crippen molar-refractivity contribution in [1.82, 2.24) is 14.5 Å². The van der Waals surface area contributed by atoms with Crippen molar-refractivity contribution in [2.45, 2.75) is 52.0 Å². The Kier molecular flexibility index (Phi) is 9.42. The van der Waals surface area contributed by atoms with Crippen LogP contribution in [0.4, 0.5) is 5.82 Å². The molecule has 12 heteroatoms. The zero-order valence-corrected chi connectivity index (χ0v) is 22.9. The van der Waals surface area contributed by atoms with Crippen LogP contribution in [0.15, 0.2) is 36.4 Å². The van der Waals surface area contributed by atoms with E-state index < -0.39 is 7.82 Å². The number of nitrogens with zero attached hydrogens (tertiary/aromatic N) is 3. The summed E-state index contributed by atoms with van der Waals surface area (Å²) in [4.78, 5) is 28.3. The molecule has 0 amide bonds. The molecule has 0 spiro atoms. The lowest BCUT2D eigenvalue weighted by molar-refractivity contribution is 0.131.